The molecule has 2 saturated heterocycles. The first-order valence-corrected chi connectivity index (χ1v) is 6.76. The fourth-order valence-electron chi connectivity index (χ4n) is 3.12. The molecule has 0 saturated carbocycles. The van der Waals surface area contributed by atoms with Crippen molar-refractivity contribution in [3.63, 3.8) is 0 Å². The maximum absolute atomic E-state index is 5.16. The van der Waals surface area contributed by atoms with E-state index in [-0.39, 0.29) is 0 Å². The van der Waals surface area contributed by atoms with E-state index >= 15 is 0 Å². The van der Waals surface area contributed by atoms with Crippen molar-refractivity contribution in [3.05, 3.63) is 0 Å². The third-order valence-electron chi connectivity index (χ3n) is 4.03. The maximum atomic E-state index is 5.16. The topological polar surface area (TPSA) is 24.5 Å². The highest BCUT2D eigenvalue weighted by molar-refractivity contribution is 4.89. The van der Waals surface area contributed by atoms with Crippen LogP contribution < -0.4 is 5.32 Å². The first-order chi connectivity index (χ1) is 7.79. The lowest BCUT2D eigenvalue weighted by atomic mass is 9.97. The number of fused-ring (bicyclic) bond motifs is 1. The second kappa shape index (κ2) is 5.99. The summed E-state index contributed by atoms with van der Waals surface area (Å²) in [5, 5.41) is 3.71. The molecule has 0 radical (unpaired) electrons. The van der Waals surface area contributed by atoms with Gasteiger partial charge in [-0.1, -0.05) is 6.92 Å². The van der Waals surface area contributed by atoms with Gasteiger partial charge in [-0.25, -0.2) is 0 Å². The smallest absolute Gasteiger partial charge is 0.0499 e. The van der Waals surface area contributed by atoms with Gasteiger partial charge >= 0.3 is 0 Å². The third kappa shape index (κ3) is 3.19. The van der Waals surface area contributed by atoms with E-state index < -0.39 is 0 Å². The molecule has 0 amide bonds. The van der Waals surface area contributed by atoms with Crippen LogP contribution in [0.2, 0.25) is 0 Å². The van der Waals surface area contributed by atoms with Crippen molar-refractivity contribution in [1.82, 2.24) is 10.2 Å². The van der Waals surface area contributed by atoms with Crippen LogP contribution in [0.15, 0.2) is 0 Å². The minimum atomic E-state index is 0.631. The maximum Gasteiger partial charge on any atom is 0.0499 e. The lowest BCUT2D eigenvalue weighted by Gasteiger charge is -2.35. The number of piperidine rings is 1. The van der Waals surface area contributed by atoms with Gasteiger partial charge in [0.05, 0.1) is 0 Å². The van der Waals surface area contributed by atoms with Crippen LogP contribution in [-0.2, 0) is 4.74 Å². The van der Waals surface area contributed by atoms with Crippen molar-refractivity contribution in [2.24, 2.45) is 5.92 Å². The number of nitrogens with one attached hydrogen (secondary N) is 1. The van der Waals surface area contributed by atoms with E-state index in [1.165, 1.54) is 38.8 Å². The monoisotopic (exact) mass is 226 g/mol. The molecule has 3 heteroatoms. The Labute approximate surface area is 99.5 Å². The second-order valence-electron chi connectivity index (χ2n) is 5.52. The Morgan fingerprint density at radius 1 is 1.38 bits per heavy atom. The first kappa shape index (κ1) is 12.3. The standard InChI is InChI=1S/C13H26N2O/c1-11(10-16-2)9-14-12-5-7-15-6-3-4-13(15)8-12/h11-14H,3-10H2,1-2H3. The zero-order chi connectivity index (χ0) is 11.4. The summed E-state index contributed by atoms with van der Waals surface area (Å²) < 4.78 is 5.16. The molecule has 0 aromatic rings. The van der Waals surface area contributed by atoms with E-state index in [0.29, 0.717) is 5.92 Å². The highest BCUT2D eigenvalue weighted by Gasteiger charge is 2.31. The Bertz CT molecular complexity index is 210. The van der Waals surface area contributed by atoms with Crippen molar-refractivity contribution in [3.8, 4) is 0 Å². The molecular weight excluding hydrogens is 200 g/mol. The Morgan fingerprint density at radius 2 is 2.25 bits per heavy atom. The van der Waals surface area contributed by atoms with Crippen molar-refractivity contribution >= 4 is 0 Å². The Morgan fingerprint density at radius 3 is 3.06 bits per heavy atom. The van der Waals surface area contributed by atoms with Crippen molar-refractivity contribution < 1.29 is 4.74 Å². The molecule has 0 aromatic heterocycles. The molecule has 94 valence electrons. The van der Waals surface area contributed by atoms with Crippen LogP contribution >= 0.6 is 0 Å². The highest BCUT2D eigenvalue weighted by Crippen LogP contribution is 2.26. The average molecular weight is 226 g/mol. The van der Waals surface area contributed by atoms with E-state index in [2.05, 4.69) is 17.1 Å². The summed E-state index contributed by atoms with van der Waals surface area (Å²) >= 11 is 0. The number of nitrogens with zero attached hydrogens (tertiary/aromatic N) is 1. The Balaban J connectivity index is 1.67. The van der Waals surface area contributed by atoms with Gasteiger partial charge in [0, 0.05) is 32.3 Å². The summed E-state index contributed by atoms with van der Waals surface area (Å²) in [4.78, 5) is 2.68. The van der Waals surface area contributed by atoms with Crippen molar-refractivity contribution in [1.29, 1.82) is 0 Å². The SMILES string of the molecule is COCC(C)CNC1CCN2CCCC2C1. The van der Waals surface area contributed by atoms with Crippen LogP contribution in [0.1, 0.15) is 32.6 Å². The lowest BCUT2D eigenvalue weighted by Crippen LogP contribution is -2.46. The highest BCUT2D eigenvalue weighted by atomic mass is 16.5. The fourth-order valence-corrected chi connectivity index (χ4v) is 3.12. The van der Waals surface area contributed by atoms with E-state index in [1.54, 1.807) is 7.11 Å². The van der Waals surface area contributed by atoms with Crippen molar-refractivity contribution in [2.75, 3.05) is 33.4 Å². The zero-order valence-electron chi connectivity index (χ0n) is 10.7. The fraction of sp³-hybridized carbons (Fsp3) is 1.00. The van der Waals surface area contributed by atoms with Gasteiger partial charge in [0.2, 0.25) is 0 Å². The summed E-state index contributed by atoms with van der Waals surface area (Å²) in [6.45, 7) is 6.88. The second-order valence-corrected chi connectivity index (χ2v) is 5.52. The summed E-state index contributed by atoms with van der Waals surface area (Å²) in [7, 11) is 1.79. The van der Waals surface area contributed by atoms with Gasteiger partial charge in [-0.05, 0) is 44.7 Å². The van der Waals surface area contributed by atoms with Crippen molar-refractivity contribution in [2.45, 2.75) is 44.7 Å². The summed E-state index contributed by atoms with van der Waals surface area (Å²) in [5.41, 5.74) is 0. The predicted molar refractivity (Wildman–Crippen MR) is 66.7 cm³/mol. The van der Waals surface area contributed by atoms with Crippen LogP contribution in [-0.4, -0.2) is 50.3 Å². The normalized spacial score (nSPS) is 32.6. The molecule has 3 nitrogen and oxygen atoms in total. The quantitative estimate of drug-likeness (QED) is 0.768. The molecule has 0 spiro atoms. The third-order valence-corrected chi connectivity index (χ3v) is 4.03. The largest absolute Gasteiger partial charge is 0.384 e. The Kier molecular flexibility index (Phi) is 4.62. The predicted octanol–water partition coefficient (Wildman–Crippen LogP) is 1.49. The molecule has 3 atom stereocenters. The Hall–Kier alpha value is -0.120. The molecule has 1 N–H and O–H groups in total. The molecular formula is C13H26N2O. The van der Waals surface area contributed by atoms with Crippen LogP contribution in [0, 0.1) is 5.92 Å². The average Bonchev–Trinajstić information content (AvgIpc) is 2.74. The van der Waals surface area contributed by atoms with Gasteiger partial charge in [0.1, 0.15) is 0 Å². The summed E-state index contributed by atoms with van der Waals surface area (Å²) in [6, 6.07) is 1.63. The molecule has 2 fully saturated rings. The van der Waals surface area contributed by atoms with Gasteiger partial charge in [-0.3, -0.25) is 0 Å². The van der Waals surface area contributed by atoms with Crippen LogP contribution in [0.4, 0.5) is 0 Å². The van der Waals surface area contributed by atoms with E-state index in [0.717, 1.165) is 25.2 Å². The van der Waals surface area contributed by atoms with Gasteiger partial charge < -0.3 is 15.0 Å². The summed E-state index contributed by atoms with van der Waals surface area (Å²) in [5.74, 6) is 0.631. The molecule has 2 aliphatic rings. The molecule has 2 rings (SSSR count). The zero-order valence-corrected chi connectivity index (χ0v) is 10.7. The number of methoxy groups -OCH3 is 1. The minimum Gasteiger partial charge on any atom is -0.384 e. The van der Waals surface area contributed by atoms with Crippen LogP contribution in [0.5, 0.6) is 0 Å². The first-order valence-electron chi connectivity index (χ1n) is 6.76. The molecule has 0 aliphatic carbocycles. The number of hydrogen-bond donors (Lipinski definition) is 1. The van der Waals surface area contributed by atoms with Gasteiger partial charge in [-0.2, -0.15) is 0 Å². The molecule has 16 heavy (non-hydrogen) atoms. The van der Waals surface area contributed by atoms with Gasteiger partial charge in [0.25, 0.3) is 0 Å². The lowest BCUT2D eigenvalue weighted by molar-refractivity contribution is 0.142. The van der Waals surface area contributed by atoms with Crippen LogP contribution in [0.25, 0.3) is 0 Å². The van der Waals surface area contributed by atoms with E-state index in [4.69, 9.17) is 4.74 Å². The minimum absolute atomic E-state index is 0.631. The number of hydrogen-bond acceptors (Lipinski definition) is 3. The molecule has 0 aromatic carbocycles. The number of rotatable bonds is 5. The van der Waals surface area contributed by atoms with Gasteiger partial charge in [-0.15, -0.1) is 0 Å². The van der Waals surface area contributed by atoms with E-state index in [9.17, 15) is 0 Å². The molecule has 3 unspecified atom stereocenters. The number of ether oxygens (including phenoxy) is 1. The van der Waals surface area contributed by atoms with Gasteiger partial charge in [0.15, 0.2) is 0 Å². The summed E-state index contributed by atoms with van der Waals surface area (Å²) in [6.07, 6.45) is 5.53. The molecule has 2 aliphatic heterocycles. The van der Waals surface area contributed by atoms with E-state index in [1.807, 2.05) is 0 Å². The van der Waals surface area contributed by atoms with Crippen LogP contribution in [0.3, 0.4) is 0 Å². The molecule has 0 bridgehead atoms. The molecule has 2 heterocycles.